The number of anilines is 5. The van der Waals surface area contributed by atoms with E-state index in [9.17, 15) is 10.2 Å². The minimum Gasteiger partial charge on any atom is -0.399 e. The summed E-state index contributed by atoms with van der Waals surface area (Å²) in [6, 6.07) is 7.24. The summed E-state index contributed by atoms with van der Waals surface area (Å²) in [5, 5.41) is 24.5. The Bertz CT molecular complexity index is 647. The van der Waals surface area contributed by atoms with Crippen molar-refractivity contribution in [3.05, 3.63) is 24.3 Å². The molecule has 0 atom stereocenters. The van der Waals surface area contributed by atoms with E-state index < -0.39 is 0 Å². The zero-order chi connectivity index (χ0) is 17.4. The van der Waals surface area contributed by atoms with Crippen LogP contribution in [-0.2, 0) is 0 Å². The van der Waals surface area contributed by atoms with Crippen LogP contribution >= 0.6 is 0 Å². The van der Waals surface area contributed by atoms with Gasteiger partial charge in [0.1, 0.15) is 0 Å². The normalized spacial score (nSPS) is 10.5. The van der Waals surface area contributed by atoms with Gasteiger partial charge in [0.15, 0.2) is 0 Å². The second kappa shape index (κ2) is 8.85. The molecule has 2 rings (SSSR count). The first-order chi connectivity index (χ1) is 11.7. The molecular formula is C15H23N7O2. The Morgan fingerprint density at radius 1 is 1.08 bits per heavy atom. The molecule has 0 saturated carbocycles. The lowest BCUT2D eigenvalue weighted by Crippen LogP contribution is -2.31. The Morgan fingerprint density at radius 3 is 2.42 bits per heavy atom. The molecule has 0 spiro atoms. The van der Waals surface area contributed by atoms with Gasteiger partial charge in [0.25, 0.3) is 0 Å². The quantitative estimate of drug-likeness (QED) is 0.414. The van der Waals surface area contributed by atoms with E-state index in [1.807, 2.05) is 19.1 Å². The number of benzene rings is 1. The number of aliphatic hydroxyl groups excluding tert-OH is 2. The number of hydrogen-bond acceptors (Lipinski definition) is 9. The number of nitrogen functional groups attached to an aromatic ring is 1. The van der Waals surface area contributed by atoms with Crippen LogP contribution in [-0.4, -0.2) is 58.0 Å². The second-order valence-electron chi connectivity index (χ2n) is 5.00. The molecular weight excluding hydrogens is 310 g/mol. The van der Waals surface area contributed by atoms with E-state index in [-0.39, 0.29) is 13.2 Å². The average Bonchev–Trinajstić information content (AvgIpc) is 2.55. The number of rotatable bonds is 9. The summed E-state index contributed by atoms with van der Waals surface area (Å²) in [7, 11) is 0. The second-order valence-corrected chi connectivity index (χ2v) is 5.00. The highest BCUT2D eigenvalue weighted by Crippen LogP contribution is 2.19. The van der Waals surface area contributed by atoms with Gasteiger partial charge in [0, 0.05) is 31.0 Å². The molecule has 0 amide bonds. The van der Waals surface area contributed by atoms with Crippen LogP contribution in [0.2, 0.25) is 0 Å². The van der Waals surface area contributed by atoms with Crippen LogP contribution in [0.3, 0.4) is 0 Å². The maximum absolute atomic E-state index is 9.19. The number of nitrogens with zero attached hydrogens (tertiary/aromatic N) is 4. The number of nitrogens with one attached hydrogen (secondary N) is 2. The third-order valence-electron chi connectivity index (χ3n) is 3.12. The molecule has 0 unspecified atom stereocenters. The minimum atomic E-state index is -0.0692. The number of hydrogen-bond donors (Lipinski definition) is 5. The fraction of sp³-hybridized carbons (Fsp3) is 0.400. The summed E-state index contributed by atoms with van der Waals surface area (Å²) in [4.78, 5) is 14.7. The predicted octanol–water partition coefficient (Wildman–Crippen LogP) is 0.420. The van der Waals surface area contributed by atoms with Crippen LogP contribution in [0, 0.1) is 0 Å². The van der Waals surface area contributed by atoms with Crippen LogP contribution in [0.1, 0.15) is 6.92 Å². The van der Waals surface area contributed by atoms with Gasteiger partial charge in [-0.25, -0.2) is 0 Å². The van der Waals surface area contributed by atoms with E-state index in [1.54, 1.807) is 17.0 Å². The van der Waals surface area contributed by atoms with E-state index in [0.717, 1.165) is 5.69 Å². The highest BCUT2D eigenvalue weighted by molar-refractivity contribution is 5.60. The number of aromatic nitrogens is 3. The molecule has 9 nitrogen and oxygen atoms in total. The Hall–Kier alpha value is -2.65. The van der Waals surface area contributed by atoms with Gasteiger partial charge in [0.05, 0.1) is 13.2 Å². The Morgan fingerprint density at radius 2 is 1.79 bits per heavy atom. The molecule has 0 aliphatic rings. The average molecular weight is 333 g/mol. The molecule has 9 heteroatoms. The molecule has 2 aromatic rings. The third kappa shape index (κ3) is 4.93. The van der Waals surface area contributed by atoms with Gasteiger partial charge in [-0.15, -0.1) is 0 Å². The monoisotopic (exact) mass is 333 g/mol. The lowest BCUT2D eigenvalue weighted by molar-refractivity contribution is 0.280. The summed E-state index contributed by atoms with van der Waals surface area (Å²) >= 11 is 0. The van der Waals surface area contributed by atoms with Crippen molar-refractivity contribution in [1.82, 2.24) is 15.0 Å². The van der Waals surface area contributed by atoms with Crippen LogP contribution in [0.4, 0.5) is 29.2 Å². The first-order valence-corrected chi connectivity index (χ1v) is 7.75. The molecule has 1 heterocycles. The lowest BCUT2D eigenvalue weighted by Gasteiger charge is -2.21. The van der Waals surface area contributed by atoms with Crippen molar-refractivity contribution in [3.8, 4) is 0 Å². The molecule has 0 bridgehead atoms. The van der Waals surface area contributed by atoms with E-state index >= 15 is 0 Å². The van der Waals surface area contributed by atoms with Gasteiger partial charge in [-0.1, -0.05) is 6.07 Å². The lowest BCUT2D eigenvalue weighted by atomic mass is 10.3. The molecule has 0 aliphatic heterocycles. The summed E-state index contributed by atoms with van der Waals surface area (Å²) in [6.45, 7) is 3.08. The zero-order valence-electron chi connectivity index (χ0n) is 13.6. The van der Waals surface area contributed by atoms with Crippen molar-refractivity contribution >= 4 is 29.2 Å². The van der Waals surface area contributed by atoms with Crippen LogP contribution in [0.15, 0.2) is 24.3 Å². The molecule has 1 aromatic heterocycles. The zero-order valence-corrected chi connectivity index (χ0v) is 13.6. The van der Waals surface area contributed by atoms with Crippen LogP contribution in [0.25, 0.3) is 0 Å². The Balaban J connectivity index is 2.32. The van der Waals surface area contributed by atoms with E-state index in [0.29, 0.717) is 43.2 Å². The SMILES string of the molecule is CCNc1nc(Nc2cccc(N)c2)nc(N(CCO)CCO)n1. The van der Waals surface area contributed by atoms with Gasteiger partial charge >= 0.3 is 0 Å². The standard InChI is InChI=1S/C15H23N7O2/c1-2-17-13-19-14(18-12-5-3-4-11(16)10-12)21-15(20-13)22(6-8-23)7-9-24/h3-5,10,23-24H,2,6-9,16H2,1H3,(H2,17,18,19,20,21). The van der Waals surface area contributed by atoms with Crippen molar-refractivity contribution in [3.63, 3.8) is 0 Å². The highest BCUT2D eigenvalue weighted by Gasteiger charge is 2.13. The van der Waals surface area contributed by atoms with Gasteiger partial charge in [0.2, 0.25) is 17.8 Å². The van der Waals surface area contributed by atoms with Crippen LogP contribution in [0.5, 0.6) is 0 Å². The van der Waals surface area contributed by atoms with Gasteiger partial charge in [-0.2, -0.15) is 15.0 Å². The Labute approximate surface area is 140 Å². The smallest absolute Gasteiger partial charge is 0.233 e. The topological polar surface area (TPSA) is 132 Å². The summed E-state index contributed by atoms with van der Waals surface area (Å²) in [5.41, 5.74) is 7.16. The fourth-order valence-corrected chi connectivity index (χ4v) is 2.10. The third-order valence-corrected chi connectivity index (χ3v) is 3.12. The Kier molecular flexibility index (Phi) is 6.52. The van der Waals surface area contributed by atoms with Crippen molar-refractivity contribution in [2.75, 3.05) is 54.1 Å². The van der Waals surface area contributed by atoms with Crippen molar-refractivity contribution in [2.24, 2.45) is 0 Å². The minimum absolute atomic E-state index is 0.0692. The number of aliphatic hydroxyl groups is 2. The van der Waals surface area contributed by atoms with E-state index in [1.165, 1.54) is 0 Å². The molecule has 0 fully saturated rings. The molecule has 0 radical (unpaired) electrons. The van der Waals surface area contributed by atoms with E-state index in [2.05, 4.69) is 25.6 Å². The first-order valence-electron chi connectivity index (χ1n) is 7.75. The maximum atomic E-state index is 9.19. The highest BCUT2D eigenvalue weighted by atomic mass is 16.3. The molecule has 1 aromatic carbocycles. The maximum Gasteiger partial charge on any atom is 0.233 e. The van der Waals surface area contributed by atoms with Crippen molar-refractivity contribution in [1.29, 1.82) is 0 Å². The van der Waals surface area contributed by atoms with E-state index in [4.69, 9.17) is 5.73 Å². The van der Waals surface area contributed by atoms with Crippen LogP contribution < -0.4 is 21.3 Å². The number of nitrogens with two attached hydrogens (primary N) is 1. The summed E-state index contributed by atoms with van der Waals surface area (Å²) < 4.78 is 0. The summed E-state index contributed by atoms with van der Waals surface area (Å²) in [5.74, 6) is 1.13. The first kappa shape index (κ1) is 17.7. The van der Waals surface area contributed by atoms with Gasteiger partial charge in [-0.3, -0.25) is 0 Å². The van der Waals surface area contributed by atoms with Crippen molar-refractivity contribution < 1.29 is 10.2 Å². The molecule has 24 heavy (non-hydrogen) atoms. The predicted molar refractivity (Wildman–Crippen MR) is 94.5 cm³/mol. The van der Waals surface area contributed by atoms with Gasteiger partial charge in [-0.05, 0) is 25.1 Å². The molecule has 6 N–H and O–H groups in total. The fourth-order valence-electron chi connectivity index (χ4n) is 2.10. The molecule has 130 valence electrons. The molecule has 0 saturated heterocycles. The van der Waals surface area contributed by atoms with Crippen molar-refractivity contribution in [2.45, 2.75) is 6.92 Å². The largest absolute Gasteiger partial charge is 0.399 e. The van der Waals surface area contributed by atoms with Gasteiger partial charge < -0.3 is 31.5 Å². The summed E-state index contributed by atoms with van der Waals surface area (Å²) in [6.07, 6.45) is 0. The molecule has 0 aliphatic carbocycles.